The zero-order valence-electron chi connectivity index (χ0n) is 23.8. The number of nitrogens with two attached hydrogens (primary N) is 1. The van der Waals surface area contributed by atoms with E-state index >= 15 is 4.39 Å². The first-order chi connectivity index (χ1) is 20.3. The summed E-state index contributed by atoms with van der Waals surface area (Å²) in [5.41, 5.74) is 6.69. The number of hydrogen-bond donors (Lipinski definition) is 2. The van der Waals surface area contributed by atoms with Crippen LogP contribution >= 0.6 is 22.9 Å². The maximum Gasteiger partial charge on any atom is 0.319 e. The average Bonchev–Trinajstić information content (AvgIpc) is 3.39. The van der Waals surface area contributed by atoms with Gasteiger partial charge in [-0.3, -0.25) is 4.90 Å². The molecule has 0 bridgehead atoms. The molecule has 3 N–H and O–H groups in total. The van der Waals surface area contributed by atoms with Crippen LogP contribution in [0.2, 0.25) is 5.02 Å². The van der Waals surface area contributed by atoms with Crippen LogP contribution in [0.5, 0.6) is 6.01 Å². The molecule has 0 radical (unpaired) electrons. The monoisotopic (exact) mass is 616 g/mol. The molecule has 2 aromatic carbocycles. The highest BCUT2D eigenvalue weighted by molar-refractivity contribution is 7.22. The van der Waals surface area contributed by atoms with E-state index in [-0.39, 0.29) is 37.5 Å². The van der Waals surface area contributed by atoms with Crippen LogP contribution in [0.4, 0.5) is 19.7 Å². The number of nitrogens with one attached hydrogen (secondary N) is 1. The number of rotatable bonds is 8. The number of piperazine rings is 2. The standard InChI is InChI=1S/C29H35ClF2N8OS/c1-17(2)39-13-11-38(12-14-39)8-3-15-41-29-36-24-19(27(37-29)40-9-6-34-7-10-40)16-20(30)22(23(24)32)18-4-5-21(31)26-25(18)35-28(33)42-26/h4-5,16-17,34H,3,6-15H2,1-2H3,(H2,33,35). The van der Waals surface area contributed by atoms with Crippen molar-refractivity contribution in [3.8, 4) is 17.1 Å². The number of aromatic nitrogens is 3. The molecular formula is C29H35ClF2N8OS. The van der Waals surface area contributed by atoms with E-state index in [1.165, 1.54) is 12.1 Å². The predicted molar refractivity (Wildman–Crippen MR) is 166 cm³/mol. The number of hydrogen-bond acceptors (Lipinski definition) is 10. The Bertz CT molecular complexity index is 1590. The second kappa shape index (κ2) is 12.4. The van der Waals surface area contributed by atoms with Gasteiger partial charge in [-0.25, -0.2) is 13.8 Å². The van der Waals surface area contributed by atoms with Crippen molar-refractivity contribution in [1.82, 2.24) is 30.1 Å². The third kappa shape index (κ3) is 5.83. The highest BCUT2D eigenvalue weighted by atomic mass is 35.5. The van der Waals surface area contributed by atoms with Gasteiger partial charge in [0.15, 0.2) is 10.9 Å². The van der Waals surface area contributed by atoms with E-state index in [2.05, 4.69) is 43.8 Å². The summed E-state index contributed by atoms with van der Waals surface area (Å²) in [6.45, 7) is 13.0. The Kier molecular flexibility index (Phi) is 8.60. The van der Waals surface area contributed by atoms with Crippen LogP contribution in [0.3, 0.4) is 0 Å². The lowest BCUT2D eigenvalue weighted by Crippen LogP contribution is -2.49. The molecule has 9 nitrogen and oxygen atoms in total. The summed E-state index contributed by atoms with van der Waals surface area (Å²) in [5, 5.41) is 4.18. The van der Waals surface area contributed by atoms with Crippen LogP contribution in [-0.4, -0.2) is 96.3 Å². The maximum atomic E-state index is 16.5. The molecule has 4 heterocycles. The van der Waals surface area contributed by atoms with Gasteiger partial charge in [-0.15, -0.1) is 0 Å². The van der Waals surface area contributed by atoms with E-state index in [0.29, 0.717) is 42.5 Å². The van der Waals surface area contributed by atoms with Crippen LogP contribution < -0.4 is 20.7 Å². The Balaban J connectivity index is 1.31. The minimum absolute atomic E-state index is 0.0934. The number of fused-ring (bicyclic) bond motifs is 2. The van der Waals surface area contributed by atoms with Gasteiger partial charge in [0.2, 0.25) is 0 Å². The van der Waals surface area contributed by atoms with Crippen molar-refractivity contribution in [3.63, 3.8) is 0 Å². The molecule has 2 aromatic heterocycles. The van der Waals surface area contributed by atoms with Gasteiger partial charge >= 0.3 is 6.01 Å². The third-order valence-corrected chi connectivity index (χ3v) is 9.22. The molecule has 2 aliphatic heterocycles. The van der Waals surface area contributed by atoms with Gasteiger partial charge in [0.1, 0.15) is 17.2 Å². The SMILES string of the molecule is CC(C)N1CCN(CCCOc2nc(N3CCNCC3)c3cc(Cl)c(-c4ccc(F)c5sc(N)nc45)c(F)c3n2)CC1. The van der Waals surface area contributed by atoms with Crippen molar-refractivity contribution in [2.45, 2.75) is 26.3 Å². The van der Waals surface area contributed by atoms with E-state index < -0.39 is 11.6 Å². The Morgan fingerprint density at radius 1 is 1.05 bits per heavy atom. The van der Waals surface area contributed by atoms with E-state index in [9.17, 15) is 4.39 Å². The lowest BCUT2D eigenvalue weighted by molar-refractivity contribution is 0.104. The largest absolute Gasteiger partial charge is 0.463 e. The third-order valence-electron chi connectivity index (χ3n) is 8.03. The minimum atomic E-state index is -0.636. The molecule has 2 aliphatic rings. The highest BCUT2D eigenvalue weighted by Crippen LogP contribution is 2.42. The highest BCUT2D eigenvalue weighted by Gasteiger charge is 2.25. The molecule has 13 heteroatoms. The van der Waals surface area contributed by atoms with Crippen LogP contribution in [-0.2, 0) is 0 Å². The summed E-state index contributed by atoms with van der Waals surface area (Å²) >= 11 is 7.74. The fraction of sp³-hybridized carbons (Fsp3) is 0.483. The fourth-order valence-electron chi connectivity index (χ4n) is 5.74. The minimum Gasteiger partial charge on any atom is -0.463 e. The number of ether oxygens (including phenoxy) is 1. The number of nitrogens with zero attached hydrogens (tertiary/aromatic N) is 6. The van der Waals surface area contributed by atoms with Gasteiger partial charge in [-0.1, -0.05) is 22.9 Å². The first-order valence-electron chi connectivity index (χ1n) is 14.4. The quantitative estimate of drug-likeness (QED) is 0.275. The van der Waals surface area contributed by atoms with Gasteiger partial charge in [-0.05, 0) is 38.5 Å². The van der Waals surface area contributed by atoms with E-state index in [1.54, 1.807) is 6.07 Å². The zero-order chi connectivity index (χ0) is 29.4. The first-order valence-corrected chi connectivity index (χ1v) is 15.6. The van der Waals surface area contributed by atoms with Crippen LogP contribution in [0.25, 0.3) is 32.2 Å². The predicted octanol–water partition coefficient (Wildman–Crippen LogP) is 4.62. The molecule has 0 spiro atoms. The molecule has 4 aromatic rings. The maximum absolute atomic E-state index is 16.5. The fourth-order valence-corrected chi connectivity index (χ4v) is 6.80. The van der Waals surface area contributed by atoms with E-state index in [1.807, 2.05) is 0 Å². The Hall–Kier alpha value is -2.90. The molecule has 0 atom stereocenters. The normalized spacial score (nSPS) is 17.1. The summed E-state index contributed by atoms with van der Waals surface area (Å²) in [4.78, 5) is 20.6. The van der Waals surface area contributed by atoms with Gasteiger partial charge in [-0.2, -0.15) is 9.97 Å². The van der Waals surface area contributed by atoms with Crippen molar-refractivity contribution < 1.29 is 13.5 Å². The van der Waals surface area contributed by atoms with E-state index in [4.69, 9.17) is 27.1 Å². The van der Waals surface area contributed by atoms with E-state index in [0.717, 1.165) is 63.6 Å². The second-order valence-corrected chi connectivity index (χ2v) is 12.4. The number of benzene rings is 2. The molecule has 0 saturated carbocycles. The molecule has 0 amide bonds. The van der Waals surface area contributed by atoms with Gasteiger partial charge in [0.25, 0.3) is 0 Å². The summed E-state index contributed by atoms with van der Waals surface area (Å²) in [5.74, 6) is -0.527. The molecule has 0 unspecified atom stereocenters. The summed E-state index contributed by atoms with van der Waals surface area (Å²) < 4.78 is 37.3. The lowest BCUT2D eigenvalue weighted by Gasteiger charge is -2.36. The molecule has 2 saturated heterocycles. The van der Waals surface area contributed by atoms with Crippen molar-refractivity contribution in [3.05, 3.63) is 34.9 Å². The lowest BCUT2D eigenvalue weighted by atomic mass is 10.0. The molecule has 224 valence electrons. The van der Waals surface area contributed by atoms with Crippen molar-refractivity contribution in [1.29, 1.82) is 0 Å². The van der Waals surface area contributed by atoms with Gasteiger partial charge in [0.05, 0.1) is 21.8 Å². The second-order valence-electron chi connectivity index (χ2n) is 11.0. The Morgan fingerprint density at radius 3 is 2.55 bits per heavy atom. The van der Waals surface area contributed by atoms with Crippen molar-refractivity contribution in [2.75, 3.05) is 76.1 Å². The summed E-state index contributed by atoms with van der Waals surface area (Å²) in [6.07, 6.45) is 0.805. The summed E-state index contributed by atoms with van der Waals surface area (Å²) in [7, 11) is 0. The number of thiazole rings is 1. The Labute approximate surface area is 252 Å². The smallest absolute Gasteiger partial charge is 0.319 e. The molecule has 6 rings (SSSR count). The number of halogens is 3. The molecule has 0 aliphatic carbocycles. The van der Waals surface area contributed by atoms with Crippen molar-refractivity contribution >= 4 is 55.0 Å². The molecule has 42 heavy (non-hydrogen) atoms. The van der Waals surface area contributed by atoms with Crippen LogP contribution in [0, 0.1) is 11.6 Å². The van der Waals surface area contributed by atoms with Gasteiger partial charge < -0.3 is 25.6 Å². The number of anilines is 2. The number of nitrogen functional groups attached to an aromatic ring is 1. The van der Waals surface area contributed by atoms with Crippen LogP contribution in [0.1, 0.15) is 20.3 Å². The first kappa shape index (κ1) is 29.2. The topological polar surface area (TPSA) is 95.7 Å². The zero-order valence-corrected chi connectivity index (χ0v) is 25.4. The summed E-state index contributed by atoms with van der Waals surface area (Å²) in [6, 6.07) is 5.12. The van der Waals surface area contributed by atoms with Crippen LogP contribution in [0.15, 0.2) is 18.2 Å². The Morgan fingerprint density at radius 2 is 1.81 bits per heavy atom. The molecular weight excluding hydrogens is 582 g/mol. The average molecular weight is 617 g/mol. The van der Waals surface area contributed by atoms with Crippen molar-refractivity contribution in [2.24, 2.45) is 0 Å². The molecule has 2 fully saturated rings. The van der Waals surface area contributed by atoms with Gasteiger partial charge in [0, 0.05) is 81.5 Å².